The van der Waals surface area contributed by atoms with Crippen LogP contribution < -0.4 is 0 Å². The second kappa shape index (κ2) is 13.6. The first-order valence-corrected chi connectivity index (χ1v) is 12.8. The molecule has 0 bridgehead atoms. The number of esters is 1. The number of allylic oxidation sites excluding steroid dienone is 1. The number of methoxy groups -OCH3 is 1. The molecule has 0 radical (unpaired) electrons. The number of benzene rings is 1. The molecule has 32 heavy (non-hydrogen) atoms. The van der Waals surface area contributed by atoms with E-state index in [4.69, 9.17) is 4.74 Å². The molecule has 1 saturated heterocycles. The second-order valence-corrected chi connectivity index (χ2v) is 10.3. The van der Waals surface area contributed by atoms with Gasteiger partial charge in [-0.25, -0.2) is 4.79 Å². The van der Waals surface area contributed by atoms with Gasteiger partial charge in [-0.15, -0.1) is 11.8 Å². The topological polar surface area (TPSA) is 55.8 Å². The molecule has 2 atom stereocenters. The fourth-order valence-corrected chi connectivity index (χ4v) is 5.09. The summed E-state index contributed by atoms with van der Waals surface area (Å²) in [5, 5.41) is -0.0225. The lowest BCUT2D eigenvalue weighted by Gasteiger charge is -2.31. The molecule has 1 amide bonds. The predicted octanol–water partition coefficient (Wildman–Crippen LogP) is 6.89. The van der Waals surface area contributed by atoms with E-state index in [1.165, 1.54) is 20.0 Å². The summed E-state index contributed by atoms with van der Waals surface area (Å²) in [5.74, 6) is 0.755. The van der Waals surface area contributed by atoms with Crippen molar-refractivity contribution in [1.82, 2.24) is 4.90 Å². The minimum absolute atomic E-state index is 0.0225. The molecule has 1 aromatic carbocycles. The highest BCUT2D eigenvalue weighted by atomic mass is 32.2. The van der Waals surface area contributed by atoms with E-state index < -0.39 is 5.60 Å². The average molecular weight is 462 g/mol. The highest BCUT2D eigenvalue weighted by Crippen LogP contribution is 2.42. The van der Waals surface area contributed by atoms with Crippen LogP contribution in [0.5, 0.6) is 0 Å². The average Bonchev–Trinajstić information content (AvgIpc) is 3.18. The van der Waals surface area contributed by atoms with Gasteiger partial charge >= 0.3 is 12.1 Å². The van der Waals surface area contributed by atoms with Gasteiger partial charge < -0.3 is 9.47 Å². The zero-order valence-electron chi connectivity index (χ0n) is 20.0. The Hall–Kier alpha value is -1.95. The van der Waals surface area contributed by atoms with Gasteiger partial charge in [0.25, 0.3) is 0 Å². The summed E-state index contributed by atoms with van der Waals surface area (Å²) in [7, 11) is 1.44. The molecule has 0 aromatic heterocycles. The van der Waals surface area contributed by atoms with Crippen molar-refractivity contribution in [2.24, 2.45) is 0 Å². The maximum atomic E-state index is 13.0. The standard InChI is InChI=1S/C26H39NO4S/c1-26(2,3)31-25(29)27-22(20-32-24(27)21-16-12-11-13-17-21)18-14-9-7-5-6-8-10-15-19-23(28)30-4/h11-14,16-18,22,24H,5-10,15,19-20H2,1-4H3/b18-14+/t22-,24-/m1/s1. The van der Waals surface area contributed by atoms with Crippen LogP contribution >= 0.6 is 11.8 Å². The Balaban J connectivity index is 1.80. The van der Waals surface area contributed by atoms with Crippen molar-refractivity contribution in [2.75, 3.05) is 12.9 Å². The zero-order valence-corrected chi connectivity index (χ0v) is 20.9. The molecule has 1 aliphatic heterocycles. The van der Waals surface area contributed by atoms with E-state index in [-0.39, 0.29) is 23.5 Å². The van der Waals surface area contributed by atoms with Crippen LogP contribution in [0.4, 0.5) is 4.79 Å². The van der Waals surface area contributed by atoms with Crippen LogP contribution in [0.2, 0.25) is 0 Å². The summed E-state index contributed by atoms with van der Waals surface area (Å²) in [5.41, 5.74) is 0.614. The van der Waals surface area contributed by atoms with Crippen molar-refractivity contribution in [3.8, 4) is 0 Å². The van der Waals surface area contributed by atoms with Crippen LogP contribution in [-0.2, 0) is 14.3 Å². The van der Waals surface area contributed by atoms with Gasteiger partial charge in [-0.3, -0.25) is 9.69 Å². The number of hydrogen-bond acceptors (Lipinski definition) is 5. The molecule has 0 N–H and O–H groups in total. The molecule has 1 aliphatic rings. The molecule has 5 nitrogen and oxygen atoms in total. The highest BCUT2D eigenvalue weighted by Gasteiger charge is 2.39. The Bertz CT molecular complexity index is 729. The van der Waals surface area contributed by atoms with Crippen LogP contribution in [0.15, 0.2) is 42.5 Å². The van der Waals surface area contributed by atoms with E-state index in [1.807, 2.05) is 43.9 Å². The highest BCUT2D eigenvalue weighted by molar-refractivity contribution is 7.99. The summed E-state index contributed by atoms with van der Waals surface area (Å²) < 4.78 is 10.4. The summed E-state index contributed by atoms with van der Waals surface area (Å²) in [6.45, 7) is 5.73. The molecular formula is C26H39NO4S. The van der Waals surface area contributed by atoms with Gasteiger partial charge in [0.15, 0.2) is 0 Å². The first kappa shape index (κ1) is 26.3. The molecular weight excluding hydrogens is 422 g/mol. The van der Waals surface area contributed by atoms with E-state index in [0.29, 0.717) is 6.42 Å². The summed E-state index contributed by atoms with van der Waals surface area (Å²) >= 11 is 1.79. The summed E-state index contributed by atoms with van der Waals surface area (Å²) in [6, 6.07) is 10.2. The predicted molar refractivity (Wildman–Crippen MR) is 132 cm³/mol. The van der Waals surface area contributed by atoms with Crippen molar-refractivity contribution in [2.45, 2.75) is 89.2 Å². The Morgan fingerprint density at radius 1 is 1.06 bits per heavy atom. The minimum Gasteiger partial charge on any atom is -0.469 e. The van der Waals surface area contributed by atoms with Crippen LogP contribution in [0.25, 0.3) is 0 Å². The van der Waals surface area contributed by atoms with Crippen molar-refractivity contribution < 1.29 is 19.1 Å². The molecule has 6 heteroatoms. The van der Waals surface area contributed by atoms with Gasteiger partial charge in [-0.05, 0) is 45.6 Å². The van der Waals surface area contributed by atoms with Crippen LogP contribution in [0.1, 0.15) is 83.1 Å². The van der Waals surface area contributed by atoms with Crippen LogP contribution in [-0.4, -0.2) is 41.5 Å². The number of ether oxygens (including phenoxy) is 2. The van der Waals surface area contributed by atoms with Crippen LogP contribution in [0.3, 0.4) is 0 Å². The van der Waals surface area contributed by atoms with Gasteiger partial charge in [-0.1, -0.05) is 68.2 Å². The zero-order chi connectivity index (χ0) is 23.4. The lowest BCUT2D eigenvalue weighted by molar-refractivity contribution is -0.140. The quantitative estimate of drug-likeness (QED) is 0.204. The van der Waals surface area contributed by atoms with E-state index in [1.54, 1.807) is 11.8 Å². The number of nitrogens with zero attached hydrogens (tertiary/aromatic N) is 1. The molecule has 2 rings (SSSR count). The summed E-state index contributed by atoms with van der Waals surface area (Å²) in [6.07, 6.45) is 12.3. The first-order chi connectivity index (χ1) is 15.3. The third-order valence-corrected chi connectivity index (χ3v) is 6.66. The molecule has 0 unspecified atom stereocenters. The fourth-order valence-electron chi connectivity index (χ4n) is 3.69. The number of hydrogen-bond donors (Lipinski definition) is 0. The number of carbonyl (C=O) groups is 2. The van der Waals surface area contributed by atoms with Gasteiger partial charge in [0.1, 0.15) is 11.0 Å². The summed E-state index contributed by atoms with van der Waals surface area (Å²) in [4.78, 5) is 26.0. The number of amides is 1. The van der Waals surface area contributed by atoms with Crippen molar-refractivity contribution in [3.63, 3.8) is 0 Å². The number of rotatable bonds is 11. The maximum Gasteiger partial charge on any atom is 0.411 e. The Morgan fingerprint density at radius 3 is 2.38 bits per heavy atom. The van der Waals surface area contributed by atoms with E-state index in [9.17, 15) is 9.59 Å². The minimum atomic E-state index is -0.517. The van der Waals surface area contributed by atoms with Crippen molar-refractivity contribution >= 4 is 23.8 Å². The number of thioether (sulfide) groups is 1. The van der Waals surface area contributed by atoms with Gasteiger partial charge in [-0.2, -0.15) is 0 Å². The molecule has 178 valence electrons. The van der Waals surface area contributed by atoms with Gasteiger partial charge in [0, 0.05) is 12.2 Å². The van der Waals surface area contributed by atoms with Gasteiger partial charge in [0.05, 0.1) is 13.2 Å². The lowest BCUT2D eigenvalue weighted by atomic mass is 10.1. The molecule has 0 spiro atoms. The third-order valence-electron chi connectivity index (χ3n) is 5.31. The van der Waals surface area contributed by atoms with E-state index in [2.05, 4.69) is 29.0 Å². The van der Waals surface area contributed by atoms with Crippen LogP contribution in [0, 0.1) is 0 Å². The fraction of sp³-hybridized carbons (Fsp3) is 0.615. The molecule has 1 fully saturated rings. The maximum absolute atomic E-state index is 13.0. The molecule has 1 heterocycles. The Labute approximate surface area is 197 Å². The lowest BCUT2D eigenvalue weighted by Crippen LogP contribution is -2.40. The number of unbranched alkanes of at least 4 members (excludes halogenated alkanes) is 6. The smallest absolute Gasteiger partial charge is 0.411 e. The second-order valence-electron chi connectivity index (χ2n) is 9.22. The van der Waals surface area contributed by atoms with Crippen molar-refractivity contribution in [3.05, 3.63) is 48.0 Å². The van der Waals surface area contributed by atoms with Gasteiger partial charge in [0.2, 0.25) is 0 Å². The van der Waals surface area contributed by atoms with E-state index >= 15 is 0 Å². The number of carbonyl (C=O) groups excluding carboxylic acids is 2. The van der Waals surface area contributed by atoms with Crippen molar-refractivity contribution in [1.29, 1.82) is 0 Å². The monoisotopic (exact) mass is 461 g/mol. The Kier molecular flexibility index (Phi) is 11.1. The third kappa shape index (κ3) is 9.27. The van der Waals surface area contributed by atoms with E-state index in [0.717, 1.165) is 43.4 Å². The largest absolute Gasteiger partial charge is 0.469 e. The molecule has 1 aromatic rings. The first-order valence-electron chi connectivity index (χ1n) is 11.7. The Morgan fingerprint density at radius 2 is 1.72 bits per heavy atom. The SMILES string of the molecule is COC(=O)CCCCCCCC/C=C/[C@@H]1CS[C@H](c2ccccc2)N1C(=O)OC(C)(C)C. The molecule has 0 aliphatic carbocycles. The normalized spacial score (nSPS) is 18.8. The molecule has 0 saturated carbocycles.